The lowest BCUT2D eigenvalue weighted by Crippen LogP contribution is -2.49. The second kappa shape index (κ2) is 11.6. The predicted molar refractivity (Wildman–Crippen MR) is 120 cm³/mol. The number of amides is 2. The van der Waals surface area contributed by atoms with Crippen LogP contribution in [0.2, 0.25) is 0 Å². The van der Waals surface area contributed by atoms with E-state index in [1.807, 2.05) is 0 Å². The predicted octanol–water partition coefficient (Wildman–Crippen LogP) is 4.70. The molecule has 0 aliphatic heterocycles. The molecule has 0 aliphatic rings. The van der Waals surface area contributed by atoms with Crippen LogP contribution in [0.3, 0.4) is 0 Å². The van der Waals surface area contributed by atoms with Crippen LogP contribution in [0.4, 0.5) is 23.2 Å². The van der Waals surface area contributed by atoms with E-state index in [1.165, 1.54) is 43.3 Å². The summed E-state index contributed by atoms with van der Waals surface area (Å²) in [6, 6.07) is 7.64. The first-order valence-corrected chi connectivity index (χ1v) is 10.6. The van der Waals surface area contributed by atoms with Gasteiger partial charge in [0.25, 0.3) is 0 Å². The molecule has 0 bridgehead atoms. The van der Waals surface area contributed by atoms with Gasteiger partial charge < -0.3 is 10.6 Å². The number of nitriles is 1. The van der Waals surface area contributed by atoms with Crippen molar-refractivity contribution in [2.45, 2.75) is 45.5 Å². The smallest absolute Gasteiger partial charge is 0.342 e. The maximum atomic E-state index is 14.5. The summed E-state index contributed by atoms with van der Waals surface area (Å²) in [5.41, 5.74) is 0.00725. The molecular weight excluding hydrogens is 452 g/mol. The minimum atomic E-state index is -4.78. The maximum Gasteiger partial charge on any atom is 0.407 e. The zero-order valence-corrected chi connectivity index (χ0v) is 19.0. The summed E-state index contributed by atoms with van der Waals surface area (Å²) in [6.07, 6.45) is -4.68. The Balaban J connectivity index is 2.51. The molecule has 0 saturated carbocycles. The summed E-state index contributed by atoms with van der Waals surface area (Å²) in [6.45, 7) is 4.41. The monoisotopic (exact) mass is 478 g/mol. The highest BCUT2D eigenvalue weighted by Crippen LogP contribution is 2.39. The maximum absolute atomic E-state index is 14.5. The number of benzene rings is 2. The Kier molecular flexibility index (Phi) is 9.15. The van der Waals surface area contributed by atoms with Crippen molar-refractivity contribution in [1.82, 2.24) is 10.6 Å². The van der Waals surface area contributed by atoms with E-state index in [4.69, 9.17) is 5.26 Å². The van der Waals surface area contributed by atoms with Gasteiger partial charge in [0.15, 0.2) is 0 Å². The van der Waals surface area contributed by atoms with E-state index in [0.717, 1.165) is 6.07 Å². The third-order valence-electron chi connectivity index (χ3n) is 4.92. The van der Waals surface area contributed by atoms with Gasteiger partial charge in [-0.1, -0.05) is 44.2 Å². The zero-order valence-electron chi connectivity index (χ0n) is 19.0. The van der Waals surface area contributed by atoms with Gasteiger partial charge in [0, 0.05) is 6.92 Å². The second-order valence-corrected chi connectivity index (χ2v) is 8.16. The molecule has 0 radical (unpaired) electrons. The number of nitrogens with one attached hydrogen (secondary N) is 3. The standard InChI is InChI=1S/C24H26F4N4O2/c1-14(2)12-21(23(34)30-11-10-29)32-22(24(26,27)28)18-7-5-4-6-17(18)16-8-9-20(19(25)13-16)31-15(3)33/h4-9,13-14,21-22,32H,11-12H2,1-3H3,(H,30,34)(H,31,33)/t21-,22-/m0/s1. The number of alkyl halides is 3. The van der Waals surface area contributed by atoms with Crippen molar-refractivity contribution in [3.8, 4) is 17.2 Å². The van der Waals surface area contributed by atoms with E-state index in [1.54, 1.807) is 19.9 Å². The summed E-state index contributed by atoms with van der Waals surface area (Å²) in [7, 11) is 0. The largest absolute Gasteiger partial charge is 0.407 e. The van der Waals surface area contributed by atoms with Crippen LogP contribution < -0.4 is 16.0 Å². The molecule has 0 spiro atoms. The topological polar surface area (TPSA) is 94.0 Å². The number of carbonyl (C=O) groups is 2. The minimum absolute atomic E-state index is 0.0922. The Labute approximate surface area is 195 Å². The Hall–Kier alpha value is -3.45. The normalized spacial score (nSPS) is 13.1. The van der Waals surface area contributed by atoms with Crippen LogP contribution in [0, 0.1) is 23.1 Å². The van der Waals surface area contributed by atoms with Crippen molar-refractivity contribution < 1.29 is 27.2 Å². The summed E-state index contributed by atoms with van der Waals surface area (Å²) in [5, 5.41) is 15.7. The molecule has 0 unspecified atom stereocenters. The Morgan fingerprint density at radius 1 is 1.12 bits per heavy atom. The van der Waals surface area contributed by atoms with Gasteiger partial charge in [0.1, 0.15) is 18.4 Å². The molecule has 0 aliphatic carbocycles. The van der Waals surface area contributed by atoms with Crippen molar-refractivity contribution in [1.29, 1.82) is 5.26 Å². The SMILES string of the molecule is CC(=O)Nc1ccc(-c2ccccc2[C@H](N[C@@H](CC(C)C)C(=O)NCC#N)C(F)(F)F)cc1F. The highest BCUT2D eigenvalue weighted by Gasteiger charge is 2.44. The highest BCUT2D eigenvalue weighted by atomic mass is 19.4. The molecule has 34 heavy (non-hydrogen) atoms. The van der Waals surface area contributed by atoms with E-state index in [0.29, 0.717) is 0 Å². The number of anilines is 1. The number of rotatable bonds is 9. The molecule has 6 nitrogen and oxygen atoms in total. The van der Waals surface area contributed by atoms with Crippen LogP contribution in [0.5, 0.6) is 0 Å². The average Bonchev–Trinajstić information content (AvgIpc) is 2.75. The first-order valence-electron chi connectivity index (χ1n) is 10.6. The first-order chi connectivity index (χ1) is 15.9. The van der Waals surface area contributed by atoms with Gasteiger partial charge in [-0.3, -0.25) is 14.9 Å². The van der Waals surface area contributed by atoms with E-state index >= 15 is 0 Å². The molecule has 2 rings (SSSR count). The van der Waals surface area contributed by atoms with Crippen LogP contribution in [0.1, 0.15) is 38.8 Å². The third kappa shape index (κ3) is 7.28. The van der Waals surface area contributed by atoms with E-state index in [2.05, 4.69) is 16.0 Å². The van der Waals surface area contributed by atoms with Crippen molar-refractivity contribution in [2.24, 2.45) is 5.92 Å². The molecule has 0 fully saturated rings. The molecule has 3 N–H and O–H groups in total. The molecule has 0 aromatic heterocycles. The van der Waals surface area contributed by atoms with E-state index in [9.17, 15) is 27.2 Å². The van der Waals surface area contributed by atoms with Gasteiger partial charge in [-0.05, 0) is 41.2 Å². The molecule has 2 atom stereocenters. The van der Waals surface area contributed by atoms with Crippen LogP contribution in [-0.4, -0.2) is 30.6 Å². The molecule has 182 valence electrons. The highest BCUT2D eigenvalue weighted by molar-refractivity contribution is 5.89. The van der Waals surface area contributed by atoms with Crippen molar-refractivity contribution in [3.05, 3.63) is 53.8 Å². The van der Waals surface area contributed by atoms with Gasteiger partial charge in [-0.25, -0.2) is 4.39 Å². The molecule has 0 heterocycles. The minimum Gasteiger partial charge on any atom is -0.342 e. The lowest BCUT2D eigenvalue weighted by Gasteiger charge is -2.29. The number of carbonyl (C=O) groups excluding carboxylic acids is 2. The van der Waals surface area contributed by atoms with Gasteiger partial charge in [0.05, 0.1) is 17.8 Å². The Bertz CT molecular complexity index is 1060. The van der Waals surface area contributed by atoms with Crippen molar-refractivity contribution >= 4 is 17.5 Å². The van der Waals surface area contributed by atoms with Gasteiger partial charge in [-0.2, -0.15) is 18.4 Å². The fourth-order valence-electron chi connectivity index (χ4n) is 3.52. The average molecular weight is 478 g/mol. The Morgan fingerprint density at radius 3 is 2.35 bits per heavy atom. The number of hydrogen-bond donors (Lipinski definition) is 3. The molecule has 2 amide bonds. The molecule has 2 aromatic rings. The van der Waals surface area contributed by atoms with E-state index in [-0.39, 0.29) is 41.3 Å². The fraction of sp³-hybridized carbons (Fsp3) is 0.375. The van der Waals surface area contributed by atoms with Crippen molar-refractivity contribution in [2.75, 3.05) is 11.9 Å². The summed E-state index contributed by atoms with van der Waals surface area (Å²) in [5.74, 6) is -2.11. The molecule has 10 heteroatoms. The summed E-state index contributed by atoms with van der Waals surface area (Å²) >= 11 is 0. The first kappa shape index (κ1) is 26.8. The molecule has 2 aromatic carbocycles. The Morgan fingerprint density at radius 2 is 1.79 bits per heavy atom. The lowest BCUT2D eigenvalue weighted by atomic mass is 9.92. The third-order valence-corrected chi connectivity index (χ3v) is 4.92. The van der Waals surface area contributed by atoms with Crippen LogP contribution in [-0.2, 0) is 9.59 Å². The van der Waals surface area contributed by atoms with Crippen molar-refractivity contribution in [3.63, 3.8) is 0 Å². The molecular formula is C24H26F4N4O2. The van der Waals surface area contributed by atoms with Crippen LogP contribution in [0.25, 0.3) is 11.1 Å². The lowest BCUT2D eigenvalue weighted by molar-refractivity contribution is -0.161. The zero-order chi connectivity index (χ0) is 25.5. The van der Waals surface area contributed by atoms with E-state index < -0.39 is 35.9 Å². The van der Waals surface area contributed by atoms with Gasteiger partial charge in [-0.15, -0.1) is 0 Å². The summed E-state index contributed by atoms with van der Waals surface area (Å²) < 4.78 is 57.2. The molecule has 0 saturated heterocycles. The quantitative estimate of drug-likeness (QED) is 0.360. The summed E-state index contributed by atoms with van der Waals surface area (Å²) in [4.78, 5) is 23.7. The number of nitrogens with zero attached hydrogens (tertiary/aromatic N) is 1. The van der Waals surface area contributed by atoms with Gasteiger partial charge >= 0.3 is 6.18 Å². The number of hydrogen-bond acceptors (Lipinski definition) is 4. The van der Waals surface area contributed by atoms with Gasteiger partial charge in [0.2, 0.25) is 11.8 Å². The second-order valence-electron chi connectivity index (χ2n) is 8.16. The fourth-order valence-corrected chi connectivity index (χ4v) is 3.52. The number of halogens is 4. The van der Waals surface area contributed by atoms with Crippen LogP contribution >= 0.6 is 0 Å². The van der Waals surface area contributed by atoms with Crippen LogP contribution in [0.15, 0.2) is 42.5 Å².